The molecule has 5 rings (SSSR count). The Morgan fingerprint density at radius 1 is 1.06 bits per heavy atom. The number of nitriles is 1. The van der Waals surface area contributed by atoms with Crippen molar-refractivity contribution in [2.75, 3.05) is 34.7 Å². The first-order valence-electron chi connectivity index (χ1n) is 16.3. The lowest BCUT2D eigenvalue weighted by molar-refractivity contribution is 0.0827. The summed E-state index contributed by atoms with van der Waals surface area (Å²) in [6.45, 7) is 13.2. The Morgan fingerprint density at radius 3 is 2.17 bits per heavy atom. The SMILES string of the molecule is C=C(c1ccc2c(c1)CCc1cc(C(=O)N(C)C)ccc1C2(C[C@H](C)NCC(=C)N(C(C)C#N)C1CC1)c1nc(=O)on1C)N(C)C. The van der Waals surface area contributed by atoms with Crippen LogP contribution in [0.25, 0.3) is 5.70 Å². The van der Waals surface area contributed by atoms with E-state index in [0.717, 1.165) is 58.5 Å². The van der Waals surface area contributed by atoms with Crippen LogP contribution in [0.3, 0.4) is 0 Å². The molecule has 10 nitrogen and oxygen atoms in total. The maximum atomic E-state index is 13.1. The highest BCUT2D eigenvalue weighted by Gasteiger charge is 2.46. The topological polar surface area (TPSA) is 111 Å². The van der Waals surface area contributed by atoms with Gasteiger partial charge in [0.2, 0.25) is 0 Å². The summed E-state index contributed by atoms with van der Waals surface area (Å²) in [4.78, 5) is 36.1. The average molecular weight is 638 g/mol. The van der Waals surface area contributed by atoms with E-state index in [1.54, 1.807) is 26.0 Å². The smallest absolute Gasteiger partial charge is 0.378 e. The van der Waals surface area contributed by atoms with E-state index in [1.807, 2.05) is 44.1 Å². The van der Waals surface area contributed by atoms with Gasteiger partial charge in [-0.25, -0.2) is 4.79 Å². The van der Waals surface area contributed by atoms with Crippen molar-refractivity contribution < 1.29 is 9.32 Å². The molecule has 1 fully saturated rings. The van der Waals surface area contributed by atoms with Crippen molar-refractivity contribution in [1.29, 1.82) is 5.26 Å². The summed E-state index contributed by atoms with van der Waals surface area (Å²) in [5.41, 5.74) is 6.67. The average Bonchev–Trinajstić information content (AvgIpc) is 3.83. The van der Waals surface area contributed by atoms with Crippen molar-refractivity contribution in [2.45, 2.75) is 69.5 Å². The Kier molecular flexibility index (Phi) is 9.51. The number of aromatic nitrogens is 2. The molecule has 1 N–H and O–H groups in total. The van der Waals surface area contributed by atoms with Crippen molar-refractivity contribution in [3.63, 3.8) is 0 Å². The molecule has 2 unspecified atom stereocenters. The van der Waals surface area contributed by atoms with Crippen LogP contribution in [0.2, 0.25) is 0 Å². The van der Waals surface area contributed by atoms with Crippen LogP contribution in [-0.2, 0) is 25.3 Å². The molecular weight excluding hydrogens is 590 g/mol. The zero-order valence-corrected chi connectivity index (χ0v) is 28.8. The van der Waals surface area contributed by atoms with Gasteiger partial charge in [0.25, 0.3) is 5.91 Å². The Balaban J connectivity index is 1.66. The van der Waals surface area contributed by atoms with Gasteiger partial charge in [-0.3, -0.25) is 4.79 Å². The van der Waals surface area contributed by atoms with Crippen molar-refractivity contribution in [3.05, 3.63) is 105 Å². The fourth-order valence-corrected chi connectivity index (χ4v) is 7.11. The molecule has 248 valence electrons. The molecule has 0 spiro atoms. The van der Waals surface area contributed by atoms with Crippen LogP contribution >= 0.6 is 0 Å². The lowest BCUT2D eigenvalue weighted by Crippen LogP contribution is -2.43. The number of fused-ring (bicyclic) bond motifs is 2. The van der Waals surface area contributed by atoms with Gasteiger partial charge in [-0.1, -0.05) is 31.4 Å². The molecule has 10 heteroatoms. The van der Waals surface area contributed by atoms with Crippen LogP contribution in [-0.4, -0.2) is 83.2 Å². The van der Waals surface area contributed by atoms with E-state index < -0.39 is 11.2 Å². The second kappa shape index (κ2) is 13.2. The molecule has 1 heterocycles. The molecule has 2 aromatic carbocycles. The van der Waals surface area contributed by atoms with Crippen molar-refractivity contribution in [2.24, 2.45) is 7.05 Å². The highest BCUT2D eigenvalue weighted by atomic mass is 16.5. The normalized spacial score (nSPS) is 18.2. The highest BCUT2D eigenvalue weighted by Crippen LogP contribution is 2.48. The number of amides is 1. The van der Waals surface area contributed by atoms with Gasteiger partial charge in [0.15, 0.2) is 5.82 Å². The van der Waals surface area contributed by atoms with Crippen LogP contribution in [0.4, 0.5) is 0 Å². The number of hydrogen-bond acceptors (Lipinski definition) is 8. The van der Waals surface area contributed by atoms with E-state index in [9.17, 15) is 14.9 Å². The summed E-state index contributed by atoms with van der Waals surface area (Å²) in [5, 5.41) is 13.4. The molecule has 0 bridgehead atoms. The van der Waals surface area contributed by atoms with E-state index in [0.29, 0.717) is 36.8 Å². The van der Waals surface area contributed by atoms with E-state index in [-0.39, 0.29) is 18.0 Å². The van der Waals surface area contributed by atoms with Crippen LogP contribution in [0.15, 0.2) is 64.6 Å². The Bertz CT molecular complexity index is 1720. The van der Waals surface area contributed by atoms with Crippen LogP contribution < -0.4 is 11.1 Å². The second-order valence-corrected chi connectivity index (χ2v) is 13.5. The van der Waals surface area contributed by atoms with Crippen LogP contribution in [0.1, 0.15) is 77.1 Å². The zero-order chi connectivity index (χ0) is 34.2. The van der Waals surface area contributed by atoms with E-state index in [1.165, 1.54) is 4.74 Å². The summed E-state index contributed by atoms with van der Waals surface area (Å²) in [5.74, 6) is -0.229. The van der Waals surface area contributed by atoms with Gasteiger partial charge in [0.1, 0.15) is 6.04 Å². The van der Waals surface area contributed by atoms with E-state index in [4.69, 9.17) is 4.52 Å². The zero-order valence-electron chi connectivity index (χ0n) is 28.8. The van der Waals surface area contributed by atoms with Gasteiger partial charge >= 0.3 is 5.76 Å². The molecule has 1 amide bonds. The Morgan fingerprint density at radius 2 is 1.66 bits per heavy atom. The number of rotatable bonds is 12. The van der Waals surface area contributed by atoms with Gasteiger partial charge < -0.3 is 24.5 Å². The number of carbonyl (C=O) groups excluding carboxylic acids is 1. The maximum absolute atomic E-state index is 13.1. The third kappa shape index (κ3) is 6.50. The Labute approximate surface area is 277 Å². The van der Waals surface area contributed by atoms with E-state index >= 15 is 0 Å². The predicted molar refractivity (Wildman–Crippen MR) is 184 cm³/mol. The van der Waals surface area contributed by atoms with Crippen molar-refractivity contribution in [1.82, 2.24) is 29.7 Å². The number of aryl methyl sites for hydroxylation is 3. The summed E-state index contributed by atoms with van der Waals surface area (Å²) < 4.78 is 7.02. The molecule has 1 aromatic heterocycles. The molecule has 0 saturated heterocycles. The molecule has 2 aliphatic rings. The van der Waals surface area contributed by atoms with E-state index in [2.05, 4.69) is 59.6 Å². The largest absolute Gasteiger partial charge is 0.459 e. The predicted octanol–water partition coefficient (Wildman–Crippen LogP) is 4.30. The first kappa shape index (κ1) is 33.7. The fourth-order valence-electron chi connectivity index (χ4n) is 7.11. The monoisotopic (exact) mass is 637 g/mol. The van der Waals surface area contributed by atoms with Gasteiger partial charge in [-0.2, -0.15) is 15.0 Å². The lowest BCUT2D eigenvalue weighted by Gasteiger charge is -2.38. The lowest BCUT2D eigenvalue weighted by atomic mass is 9.67. The minimum Gasteiger partial charge on any atom is -0.378 e. The summed E-state index contributed by atoms with van der Waals surface area (Å²) in [7, 11) is 9.18. The number of carbonyl (C=O) groups is 1. The molecule has 0 radical (unpaired) electrons. The number of nitrogens with zero attached hydrogens (tertiary/aromatic N) is 6. The van der Waals surface area contributed by atoms with Crippen molar-refractivity contribution in [3.8, 4) is 6.07 Å². The molecule has 3 atom stereocenters. The number of hydrogen-bond donors (Lipinski definition) is 1. The fraction of sp³-hybridized carbons (Fsp3) is 0.459. The first-order valence-corrected chi connectivity index (χ1v) is 16.3. The van der Waals surface area contributed by atoms with Gasteiger partial charge in [-0.15, -0.1) is 0 Å². The molecule has 1 saturated carbocycles. The highest BCUT2D eigenvalue weighted by molar-refractivity contribution is 5.94. The van der Waals surface area contributed by atoms with Crippen LogP contribution in [0, 0.1) is 11.3 Å². The van der Waals surface area contributed by atoms with Gasteiger partial charge in [0, 0.05) is 70.8 Å². The molecule has 3 aromatic rings. The third-order valence-corrected chi connectivity index (χ3v) is 9.59. The molecule has 47 heavy (non-hydrogen) atoms. The quantitative estimate of drug-likeness (QED) is 0.313. The number of nitrogens with one attached hydrogen (secondary N) is 1. The van der Waals surface area contributed by atoms with Gasteiger partial charge in [0.05, 0.1) is 11.5 Å². The second-order valence-electron chi connectivity index (χ2n) is 13.5. The third-order valence-electron chi connectivity index (χ3n) is 9.59. The summed E-state index contributed by atoms with van der Waals surface area (Å²) >= 11 is 0. The minimum atomic E-state index is -0.899. The van der Waals surface area contributed by atoms with Crippen LogP contribution in [0.5, 0.6) is 0 Å². The standard InChI is InChI=1S/C37H47N7O3/c1-23(39-22-25(3)44(24(2)21-38)31-14-15-31)20-37(35-40-36(46)47-43(35)9)32-16-12-27(26(4)41(5)6)18-28(32)10-11-29-19-30(13-17-33(29)37)34(45)42(7)8/h12-13,16-19,23-24,31,39H,3-4,10-11,14-15,20,22H2,1-2,5-9H3/t23-,24?,37?/m0/s1. The number of benzene rings is 2. The molecule has 0 aliphatic heterocycles. The maximum Gasteiger partial charge on any atom is 0.459 e. The Hall–Kier alpha value is -4.62. The minimum absolute atomic E-state index is 0.0704. The van der Waals surface area contributed by atoms with Gasteiger partial charge in [-0.05, 0) is 92.0 Å². The summed E-state index contributed by atoms with van der Waals surface area (Å²) in [6, 6.07) is 14.7. The molecule has 2 aliphatic carbocycles. The first-order chi connectivity index (χ1) is 22.3. The van der Waals surface area contributed by atoms with Crippen molar-refractivity contribution >= 4 is 11.6 Å². The summed E-state index contributed by atoms with van der Waals surface area (Å²) in [6.07, 6.45) is 4.09. The molecular formula is C37H47N7O3.